The maximum atomic E-state index is 10.1. The Morgan fingerprint density at radius 2 is 1.93 bits per heavy atom. The van der Waals surface area contributed by atoms with Gasteiger partial charge in [0.1, 0.15) is 12.1 Å². The summed E-state index contributed by atoms with van der Waals surface area (Å²) in [7, 11) is 0. The van der Waals surface area contributed by atoms with Crippen molar-refractivity contribution in [2.24, 2.45) is 17.3 Å². The van der Waals surface area contributed by atoms with Crippen molar-refractivity contribution in [3.63, 3.8) is 0 Å². The highest BCUT2D eigenvalue weighted by atomic mass is 16.3. The summed E-state index contributed by atoms with van der Waals surface area (Å²) < 4.78 is 0. The summed E-state index contributed by atoms with van der Waals surface area (Å²) in [5.74, 6) is 2.13. The number of hydrogen-bond donors (Lipinski definition) is 1. The van der Waals surface area contributed by atoms with Crippen LogP contribution in [0.15, 0.2) is 18.6 Å². The van der Waals surface area contributed by atoms with Crippen LogP contribution in [0.3, 0.4) is 0 Å². The van der Waals surface area contributed by atoms with Crippen LogP contribution in [-0.4, -0.2) is 83.3 Å². The SMILES string of the molecule is CC(C)CN1CCC(N2CCC3(CC2)CN(c2ccncn2)CC3CO)CC1. The average Bonchev–Trinajstić information content (AvgIpc) is 3.07. The summed E-state index contributed by atoms with van der Waals surface area (Å²) in [5.41, 5.74) is 0.245. The summed E-state index contributed by atoms with van der Waals surface area (Å²) >= 11 is 0. The Hall–Kier alpha value is -1.24. The first kappa shape index (κ1) is 20.0. The molecule has 3 fully saturated rings. The summed E-state index contributed by atoms with van der Waals surface area (Å²) in [6.45, 7) is 13.0. The van der Waals surface area contributed by atoms with Gasteiger partial charge in [-0.2, -0.15) is 0 Å². The molecule has 0 bridgehead atoms. The van der Waals surface area contributed by atoms with Gasteiger partial charge in [-0.15, -0.1) is 0 Å². The number of aliphatic hydroxyl groups excluding tert-OH is 1. The third-order valence-electron chi connectivity index (χ3n) is 7.41. The second-order valence-electron chi connectivity index (χ2n) is 9.65. The number of likely N-dealkylation sites (tertiary alicyclic amines) is 2. The fourth-order valence-electron chi connectivity index (χ4n) is 5.81. The highest BCUT2D eigenvalue weighted by molar-refractivity contribution is 5.39. The molecule has 0 radical (unpaired) electrons. The van der Waals surface area contributed by atoms with Crippen LogP contribution in [0.5, 0.6) is 0 Å². The first-order valence-electron chi connectivity index (χ1n) is 11.2. The maximum absolute atomic E-state index is 10.1. The summed E-state index contributed by atoms with van der Waals surface area (Å²) in [5, 5.41) is 10.1. The average molecular weight is 388 g/mol. The van der Waals surface area contributed by atoms with Gasteiger partial charge in [0.05, 0.1) is 0 Å². The molecule has 4 rings (SSSR count). The Balaban J connectivity index is 1.33. The minimum atomic E-state index is 0.245. The highest BCUT2D eigenvalue weighted by Gasteiger charge is 2.48. The lowest BCUT2D eigenvalue weighted by Crippen LogP contribution is -2.51. The van der Waals surface area contributed by atoms with E-state index < -0.39 is 0 Å². The van der Waals surface area contributed by atoms with E-state index in [9.17, 15) is 5.11 Å². The van der Waals surface area contributed by atoms with Gasteiger partial charge < -0.3 is 19.8 Å². The van der Waals surface area contributed by atoms with E-state index in [0.29, 0.717) is 5.92 Å². The largest absolute Gasteiger partial charge is 0.396 e. The van der Waals surface area contributed by atoms with Crippen molar-refractivity contribution in [1.82, 2.24) is 19.8 Å². The Labute approximate surface area is 169 Å². The number of aromatic nitrogens is 2. The van der Waals surface area contributed by atoms with E-state index >= 15 is 0 Å². The van der Waals surface area contributed by atoms with Gasteiger partial charge >= 0.3 is 0 Å². The van der Waals surface area contributed by atoms with Crippen molar-refractivity contribution < 1.29 is 5.11 Å². The zero-order valence-corrected chi connectivity index (χ0v) is 17.6. The molecule has 3 aliphatic rings. The molecule has 1 atom stereocenters. The van der Waals surface area contributed by atoms with Crippen LogP contribution < -0.4 is 4.90 Å². The monoisotopic (exact) mass is 387 g/mol. The minimum absolute atomic E-state index is 0.245. The van der Waals surface area contributed by atoms with Crippen molar-refractivity contribution in [3.05, 3.63) is 18.6 Å². The third kappa shape index (κ3) is 4.19. The van der Waals surface area contributed by atoms with E-state index in [1.165, 1.54) is 58.4 Å². The quantitative estimate of drug-likeness (QED) is 0.835. The zero-order chi connectivity index (χ0) is 19.6. The van der Waals surface area contributed by atoms with Crippen molar-refractivity contribution in [3.8, 4) is 0 Å². The lowest BCUT2D eigenvalue weighted by Gasteiger charge is -2.46. The summed E-state index contributed by atoms with van der Waals surface area (Å²) in [6.07, 6.45) is 8.47. The van der Waals surface area contributed by atoms with Crippen molar-refractivity contribution in [2.45, 2.75) is 45.6 Å². The predicted octanol–water partition coefficient (Wildman–Crippen LogP) is 2.11. The predicted molar refractivity (Wildman–Crippen MR) is 112 cm³/mol. The lowest BCUT2D eigenvalue weighted by molar-refractivity contribution is 0.0178. The van der Waals surface area contributed by atoms with Gasteiger partial charge in [0.25, 0.3) is 0 Å². The van der Waals surface area contributed by atoms with Crippen LogP contribution >= 0.6 is 0 Å². The van der Waals surface area contributed by atoms with Gasteiger partial charge in [0.15, 0.2) is 0 Å². The first-order chi connectivity index (χ1) is 13.6. The van der Waals surface area contributed by atoms with Gasteiger partial charge in [-0.05, 0) is 69.3 Å². The normalized spacial score (nSPS) is 27.1. The smallest absolute Gasteiger partial charge is 0.131 e. The molecule has 3 saturated heterocycles. The van der Waals surface area contributed by atoms with E-state index in [1.54, 1.807) is 6.33 Å². The Morgan fingerprint density at radius 3 is 2.54 bits per heavy atom. The van der Waals surface area contributed by atoms with Crippen LogP contribution in [0, 0.1) is 17.3 Å². The van der Waals surface area contributed by atoms with Gasteiger partial charge in [-0.3, -0.25) is 0 Å². The van der Waals surface area contributed by atoms with Gasteiger partial charge in [-0.25, -0.2) is 9.97 Å². The number of rotatable bonds is 5. The molecule has 1 unspecified atom stereocenters. The third-order valence-corrected chi connectivity index (χ3v) is 7.41. The van der Waals surface area contributed by atoms with Crippen LogP contribution in [0.2, 0.25) is 0 Å². The molecule has 1 aromatic heterocycles. The fourth-order valence-corrected chi connectivity index (χ4v) is 5.81. The van der Waals surface area contributed by atoms with Gasteiger partial charge in [0, 0.05) is 44.4 Å². The molecular formula is C22H37N5O. The van der Waals surface area contributed by atoms with Gasteiger partial charge in [0.2, 0.25) is 0 Å². The topological polar surface area (TPSA) is 55.7 Å². The minimum Gasteiger partial charge on any atom is -0.396 e. The van der Waals surface area contributed by atoms with E-state index in [0.717, 1.165) is 30.9 Å². The van der Waals surface area contributed by atoms with E-state index in [4.69, 9.17) is 0 Å². The van der Waals surface area contributed by atoms with Crippen molar-refractivity contribution in [2.75, 3.05) is 57.3 Å². The molecule has 0 saturated carbocycles. The molecule has 1 spiro atoms. The standard InChI is InChI=1S/C22H37N5O/c1-18(2)13-25-9-4-20(5-10-25)26-11-6-22(7-12-26)16-27(14-19(22)15-28)21-3-8-23-17-24-21/h3,8,17-20,28H,4-7,9-16H2,1-2H3. The second kappa shape index (κ2) is 8.64. The molecule has 28 heavy (non-hydrogen) atoms. The summed E-state index contributed by atoms with van der Waals surface area (Å²) in [6, 6.07) is 2.75. The number of hydrogen-bond acceptors (Lipinski definition) is 6. The number of aliphatic hydroxyl groups is 1. The van der Waals surface area contributed by atoms with Crippen LogP contribution in [0.25, 0.3) is 0 Å². The van der Waals surface area contributed by atoms with Gasteiger partial charge in [-0.1, -0.05) is 13.8 Å². The number of anilines is 1. The lowest BCUT2D eigenvalue weighted by atomic mass is 9.71. The Morgan fingerprint density at radius 1 is 1.18 bits per heavy atom. The van der Waals surface area contributed by atoms with Crippen molar-refractivity contribution in [1.29, 1.82) is 0 Å². The molecule has 1 aromatic rings. The Bertz CT molecular complexity index is 609. The molecule has 156 valence electrons. The Kier molecular flexibility index (Phi) is 6.18. The number of nitrogens with zero attached hydrogens (tertiary/aromatic N) is 5. The molecule has 1 N–H and O–H groups in total. The molecule has 0 amide bonds. The maximum Gasteiger partial charge on any atom is 0.131 e. The van der Waals surface area contributed by atoms with E-state index in [-0.39, 0.29) is 12.0 Å². The molecule has 6 nitrogen and oxygen atoms in total. The van der Waals surface area contributed by atoms with Crippen LogP contribution in [-0.2, 0) is 0 Å². The highest BCUT2D eigenvalue weighted by Crippen LogP contribution is 2.46. The molecule has 4 heterocycles. The van der Waals surface area contributed by atoms with Crippen LogP contribution in [0.1, 0.15) is 39.5 Å². The molecule has 3 aliphatic heterocycles. The molecular weight excluding hydrogens is 350 g/mol. The second-order valence-corrected chi connectivity index (χ2v) is 9.65. The molecule has 0 aromatic carbocycles. The number of piperidine rings is 2. The van der Waals surface area contributed by atoms with Crippen LogP contribution in [0.4, 0.5) is 5.82 Å². The molecule has 6 heteroatoms. The van der Waals surface area contributed by atoms with E-state index in [1.807, 2.05) is 12.3 Å². The molecule has 0 aliphatic carbocycles. The summed E-state index contributed by atoms with van der Waals surface area (Å²) in [4.78, 5) is 16.2. The van der Waals surface area contributed by atoms with Crippen molar-refractivity contribution >= 4 is 5.82 Å². The van der Waals surface area contributed by atoms with E-state index in [2.05, 4.69) is 38.5 Å². The first-order valence-corrected chi connectivity index (χ1v) is 11.2. The fraction of sp³-hybridized carbons (Fsp3) is 0.818. The zero-order valence-electron chi connectivity index (χ0n) is 17.6.